The molecule has 1 amide bonds. The van der Waals surface area contributed by atoms with E-state index < -0.39 is 0 Å². The van der Waals surface area contributed by atoms with Gasteiger partial charge in [0.1, 0.15) is 0 Å². The summed E-state index contributed by atoms with van der Waals surface area (Å²) in [6, 6.07) is 44.1. The molecule has 3 aliphatic rings. The van der Waals surface area contributed by atoms with Gasteiger partial charge in [0.05, 0.1) is 48.8 Å². The molecular formula is C50H47N3O5. The number of benzene rings is 6. The Hall–Kier alpha value is -6.67. The summed E-state index contributed by atoms with van der Waals surface area (Å²) in [6.07, 6.45) is 6.43. The molecule has 0 aromatic heterocycles. The number of rotatable bonds is 11. The van der Waals surface area contributed by atoms with Crippen LogP contribution >= 0.6 is 0 Å². The van der Waals surface area contributed by atoms with E-state index in [1.54, 1.807) is 4.90 Å². The van der Waals surface area contributed by atoms with Crippen LogP contribution < -0.4 is 16.0 Å². The van der Waals surface area contributed by atoms with Crippen molar-refractivity contribution < 1.29 is 23.9 Å². The molecule has 9 rings (SSSR count). The van der Waals surface area contributed by atoms with Crippen molar-refractivity contribution in [3.63, 3.8) is 0 Å². The van der Waals surface area contributed by atoms with Crippen LogP contribution in [0.1, 0.15) is 97.2 Å². The number of anilines is 5. The van der Waals surface area contributed by atoms with Gasteiger partial charge in [0.15, 0.2) is 0 Å². The predicted octanol–water partition coefficient (Wildman–Crippen LogP) is 10.4. The third kappa shape index (κ3) is 8.66. The molecule has 6 aromatic carbocycles. The van der Waals surface area contributed by atoms with Gasteiger partial charge in [-0.3, -0.25) is 9.69 Å². The van der Waals surface area contributed by atoms with Crippen LogP contribution in [-0.4, -0.2) is 32.1 Å². The van der Waals surface area contributed by atoms with Crippen molar-refractivity contribution in [1.82, 2.24) is 0 Å². The van der Waals surface area contributed by atoms with Crippen molar-refractivity contribution in [2.75, 3.05) is 30.2 Å². The summed E-state index contributed by atoms with van der Waals surface area (Å²) >= 11 is 0. The van der Waals surface area contributed by atoms with Gasteiger partial charge in [0.2, 0.25) is 5.91 Å². The smallest absolute Gasteiger partial charge is 0.338 e. The molecule has 6 aromatic rings. The first kappa shape index (κ1) is 38.2. The van der Waals surface area contributed by atoms with E-state index in [-0.39, 0.29) is 17.8 Å². The summed E-state index contributed by atoms with van der Waals surface area (Å²) in [5, 5.41) is 3.33. The number of hydrogen-bond donors (Lipinski definition) is 2. The van der Waals surface area contributed by atoms with Crippen molar-refractivity contribution in [2.45, 2.75) is 56.8 Å². The maximum Gasteiger partial charge on any atom is 0.338 e. The highest BCUT2D eigenvalue weighted by molar-refractivity contribution is 6.07. The summed E-state index contributed by atoms with van der Waals surface area (Å²) < 4.78 is 10.0. The number of nitrogens with one attached hydrogen (secondary N) is 1. The van der Waals surface area contributed by atoms with E-state index in [0.717, 1.165) is 50.6 Å². The van der Waals surface area contributed by atoms with E-state index in [1.807, 2.05) is 109 Å². The first-order valence-electron chi connectivity index (χ1n) is 19.9. The summed E-state index contributed by atoms with van der Waals surface area (Å²) in [7, 11) is 2.85. The van der Waals surface area contributed by atoms with Crippen LogP contribution in [0.25, 0.3) is 0 Å². The second-order valence-electron chi connectivity index (χ2n) is 15.3. The highest BCUT2D eigenvalue weighted by Gasteiger charge is 2.30. The van der Waals surface area contributed by atoms with Crippen LogP contribution in [0, 0.1) is 0 Å². The highest BCUT2D eigenvalue weighted by atomic mass is 16.5. The van der Waals surface area contributed by atoms with Gasteiger partial charge in [-0.25, -0.2) is 9.59 Å². The zero-order valence-corrected chi connectivity index (χ0v) is 32.9. The summed E-state index contributed by atoms with van der Waals surface area (Å²) in [5.74, 6) is 0.679. The van der Waals surface area contributed by atoms with Crippen molar-refractivity contribution in [2.24, 2.45) is 0 Å². The highest BCUT2D eigenvalue weighted by Crippen LogP contribution is 2.42. The number of nitrogen functional groups attached to an aromatic ring is 1. The van der Waals surface area contributed by atoms with Crippen LogP contribution in [0.5, 0.6) is 0 Å². The van der Waals surface area contributed by atoms with Gasteiger partial charge >= 0.3 is 11.9 Å². The molecule has 0 radical (unpaired) electrons. The standard InChI is InChI=1S/C26H23NO3.C24H24N2O2/c1-30-26(29)23-15-19(18-8-9-18)10-11-20(23)13-17-7-12-24-21(14-17)16-25(28)27(24)22-5-3-2-4-6-22;1-28-24(27)21-15-18(17-8-9-17)10-11-19(21)13-16-7-12-23(22(25)14-16)26-20-5-3-2-4-6-20/h2-7,10-12,14-15,18H,8-9,13,16H2,1H3;2-7,10-12,14-15,17,26H,8-9,13,25H2,1H3. The Kier molecular flexibility index (Phi) is 11.1. The van der Waals surface area contributed by atoms with Crippen molar-refractivity contribution in [3.8, 4) is 0 Å². The molecule has 1 heterocycles. The molecule has 0 saturated heterocycles. The zero-order valence-electron chi connectivity index (χ0n) is 32.9. The summed E-state index contributed by atoms with van der Waals surface area (Å²) in [5.41, 5.74) is 19.4. The largest absolute Gasteiger partial charge is 0.465 e. The minimum atomic E-state index is -0.293. The zero-order chi connectivity index (χ0) is 40.2. The van der Waals surface area contributed by atoms with E-state index >= 15 is 0 Å². The Bertz CT molecular complexity index is 2470. The number of carbonyl (C=O) groups excluding carboxylic acids is 3. The fraction of sp³-hybridized carbons (Fsp3) is 0.220. The number of nitrogens with two attached hydrogens (primary N) is 1. The number of amides is 1. The van der Waals surface area contributed by atoms with E-state index in [2.05, 4.69) is 29.6 Å². The second-order valence-corrected chi connectivity index (χ2v) is 15.3. The average Bonchev–Trinajstić information content (AvgIpc) is 4.20. The molecule has 2 aliphatic carbocycles. The molecular weight excluding hydrogens is 723 g/mol. The Morgan fingerprint density at radius 3 is 1.72 bits per heavy atom. The molecule has 58 heavy (non-hydrogen) atoms. The number of ether oxygens (including phenoxy) is 2. The lowest BCUT2D eigenvalue weighted by molar-refractivity contribution is -0.116. The fourth-order valence-corrected chi connectivity index (χ4v) is 7.74. The normalized spacial score (nSPS) is 14.2. The third-order valence-electron chi connectivity index (χ3n) is 11.1. The predicted molar refractivity (Wildman–Crippen MR) is 229 cm³/mol. The molecule has 0 bridgehead atoms. The van der Waals surface area contributed by atoms with Crippen LogP contribution in [0.15, 0.2) is 133 Å². The molecule has 0 unspecified atom stereocenters. The molecule has 1 aliphatic heterocycles. The van der Waals surface area contributed by atoms with Crippen molar-refractivity contribution in [3.05, 3.63) is 184 Å². The van der Waals surface area contributed by atoms with Crippen LogP contribution in [0.4, 0.5) is 28.4 Å². The Balaban J connectivity index is 0.000000162. The number of nitrogens with zero attached hydrogens (tertiary/aromatic N) is 1. The molecule has 8 heteroatoms. The van der Waals surface area contributed by atoms with Gasteiger partial charge in [0.25, 0.3) is 0 Å². The van der Waals surface area contributed by atoms with Crippen molar-refractivity contribution in [1.29, 1.82) is 0 Å². The maximum atomic E-state index is 12.7. The molecule has 2 saturated carbocycles. The summed E-state index contributed by atoms with van der Waals surface area (Å²) in [4.78, 5) is 39.1. The van der Waals surface area contributed by atoms with Crippen molar-refractivity contribution >= 4 is 46.3 Å². The lowest BCUT2D eigenvalue weighted by atomic mass is 9.95. The first-order chi connectivity index (χ1) is 28.3. The molecule has 0 atom stereocenters. The van der Waals surface area contributed by atoms with Gasteiger partial charge in [-0.1, -0.05) is 78.9 Å². The van der Waals surface area contributed by atoms with Crippen LogP contribution in [0.2, 0.25) is 0 Å². The number of methoxy groups -OCH3 is 2. The molecule has 2 fully saturated rings. The molecule has 8 nitrogen and oxygen atoms in total. The molecule has 292 valence electrons. The van der Waals surface area contributed by atoms with Gasteiger partial charge in [-0.2, -0.15) is 0 Å². The summed E-state index contributed by atoms with van der Waals surface area (Å²) in [6.45, 7) is 0. The monoisotopic (exact) mass is 769 g/mol. The van der Waals surface area contributed by atoms with E-state index in [1.165, 1.54) is 51.0 Å². The Labute approximate surface area is 339 Å². The fourth-order valence-electron chi connectivity index (χ4n) is 7.74. The van der Waals surface area contributed by atoms with Gasteiger partial charge < -0.3 is 20.5 Å². The maximum absolute atomic E-state index is 12.7. The quantitative estimate of drug-likeness (QED) is 0.0997. The number of carbonyl (C=O) groups is 3. The van der Waals surface area contributed by atoms with Crippen LogP contribution in [0.3, 0.4) is 0 Å². The number of hydrogen-bond acceptors (Lipinski definition) is 7. The van der Waals surface area contributed by atoms with Gasteiger partial charge in [0, 0.05) is 11.4 Å². The van der Waals surface area contributed by atoms with Gasteiger partial charge in [-0.05, 0) is 144 Å². The Morgan fingerprint density at radius 2 is 1.19 bits per heavy atom. The van der Waals surface area contributed by atoms with E-state index in [0.29, 0.717) is 47.9 Å². The first-order valence-corrected chi connectivity index (χ1v) is 19.9. The third-order valence-corrected chi connectivity index (χ3v) is 11.1. The molecule has 3 N–H and O–H groups in total. The number of para-hydroxylation sites is 2. The minimum absolute atomic E-state index is 0.0809. The van der Waals surface area contributed by atoms with E-state index in [9.17, 15) is 14.4 Å². The second kappa shape index (κ2) is 16.8. The van der Waals surface area contributed by atoms with Gasteiger partial charge in [-0.15, -0.1) is 0 Å². The lowest BCUT2D eigenvalue weighted by Gasteiger charge is -2.18. The number of esters is 2. The minimum Gasteiger partial charge on any atom is -0.465 e. The Morgan fingerprint density at radius 1 is 0.655 bits per heavy atom. The molecule has 0 spiro atoms. The lowest BCUT2D eigenvalue weighted by Crippen LogP contribution is -2.20. The average molecular weight is 770 g/mol. The topological polar surface area (TPSA) is 111 Å². The number of fused-ring (bicyclic) bond motifs is 1. The SMILES string of the molecule is COC(=O)c1cc(C2CC2)ccc1Cc1ccc(Nc2ccccc2)c(N)c1.COC(=O)c1cc(C2CC2)ccc1Cc1ccc2c(c1)CC(=O)N2c1ccccc1. The van der Waals surface area contributed by atoms with Crippen LogP contribution in [-0.2, 0) is 33.5 Å². The van der Waals surface area contributed by atoms with E-state index in [4.69, 9.17) is 15.2 Å².